The zero-order valence-corrected chi connectivity index (χ0v) is 8.08. The van der Waals surface area contributed by atoms with Gasteiger partial charge in [-0.05, 0) is 22.3 Å². The minimum absolute atomic E-state index is 0.873. The fraction of sp³-hybridized carbons (Fsp3) is 0. The number of thiophene rings is 1. The van der Waals surface area contributed by atoms with E-state index in [9.17, 15) is 0 Å². The van der Waals surface area contributed by atoms with Crippen LogP contribution in [-0.4, -0.2) is 7.85 Å². The first-order valence-corrected chi connectivity index (χ1v) is 4.81. The summed E-state index contributed by atoms with van der Waals surface area (Å²) in [5, 5.41) is 1.22. The summed E-state index contributed by atoms with van der Waals surface area (Å²) in [5.74, 6) is 0. The van der Waals surface area contributed by atoms with E-state index in [1.807, 2.05) is 12.1 Å². The molecule has 1 aromatic carbocycles. The van der Waals surface area contributed by atoms with Crippen LogP contribution in [0.25, 0.3) is 10.1 Å². The van der Waals surface area contributed by atoms with Crippen molar-refractivity contribution in [1.29, 1.82) is 0 Å². The van der Waals surface area contributed by atoms with Gasteiger partial charge in [0, 0.05) is 9.17 Å². The van der Waals surface area contributed by atoms with Gasteiger partial charge in [0.2, 0.25) is 0 Å². The fourth-order valence-corrected chi connectivity index (χ4v) is 2.41. The van der Waals surface area contributed by atoms with Gasteiger partial charge < -0.3 is 0 Å². The highest BCUT2D eigenvalue weighted by molar-refractivity contribution is 9.10. The summed E-state index contributed by atoms with van der Waals surface area (Å²) < 4.78 is 3.21. The van der Waals surface area contributed by atoms with E-state index in [0.717, 1.165) is 9.25 Å². The molecule has 0 aliphatic carbocycles. The highest BCUT2D eigenvalue weighted by Crippen LogP contribution is 2.22. The highest BCUT2D eigenvalue weighted by Gasteiger charge is 1.96. The first-order valence-electron chi connectivity index (χ1n) is 3.20. The minimum atomic E-state index is 0.873. The van der Waals surface area contributed by atoms with Crippen molar-refractivity contribution in [2.45, 2.75) is 0 Å². The Kier molecular flexibility index (Phi) is 1.78. The van der Waals surface area contributed by atoms with Crippen molar-refractivity contribution in [3.8, 4) is 0 Å². The zero-order valence-electron chi connectivity index (χ0n) is 5.67. The van der Waals surface area contributed by atoms with Crippen molar-refractivity contribution in [2.24, 2.45) is 0 Å². The number of halogens is 1. The molecule has 0 aliphatic rings. The first-order chi connectivity index (χ1) is 5.25. The van der Waals surface area contributed by atoms with Crippen LogP contribution in [0.4, 0.5) is 0 Å². The molecule has 11 heavy (non-hydrogen) atoms. The second kappa shape index (κ2) is 2.65. The van der Waals surface area contributed by atoms with E-state index < -0.39 is 0 Å². The molecule has 0 saturated carbocycles. The van der Waals surface area contributed by atoms with Crippen LogP contribution in [0.1, 0.15) is 0 Å². The van der Waals surface area contributed by atoms with Gasteiger partial charge in [0.05, 0.1) is 0 Å². The zero-order chi connectivity index (χ0) is 7.84. The lowest BCUT2D eigenvalue weighted by atomic mass is 10.1. The molecule has 0 aliphatic heterocycles. The second-order valence-electron chi connectivity index (χ2n) is 2.33. The molecule has 0 atom stereocenters. The van der Waals surface area contributed by atoms with Crippen molar-refractivity contribution in [3.05, 3.63) is 28.7 Å². The third-order valence-electron chi connectivity index (χ3n) is 1.50. The van der Waals surface area contributed by atoms with Gasteiger partial charge in [-0.2, -0.15) is 11.3 Å². The number of fused-ring (bicyclic) bond motifs is 1. The third kappa shape index (κ3) is 1.35. The Morgan fingerprint density at radius 3 is 2.91 bits per heavy atom. The summed E-state index contributed by atoms with van der Waals surface area (Å²) in [7, 11) is 5.64. The highest BCUT2D eigenvalue weighted by atomic mass is 79.9. The van der Waals surface area contributed by atoms with Crippen LogP contribution in [0.3, 0.4) is 0 Å². The van der Waals surface area contributed by atoms with Crippen molar-refractivity contribution in [2.75, 3.05) is 0 Å². The van der Waals surface area contributed by atoms with Gasteiger partial charge in [-0.25, -0.2) is 0 Å². The van der Waals surface area contributed by atoms with Crippen LogP contribution in [0.2, 0.25) is 0 Å². The van der Waals surface area contributed by atoms with Gasteiger partial charge in [0.15, 0.2) is 0 Å². The van der Waals surface area contributed by atoms with Crippen molar-refractivity contribution in [3.63, 3.8) is 0 Å². The van der Waals surface area contributed by atoms with E-state index in [1.165, 1.54) is 10.1 Å². The molecule has 0 unspecified atom stereocenters. The molecule has 1 aromatic heterocycles. The topological polar surface area (TPSA) is 0 Å². The van der Waals surface area contributed by atoms with Gasteiger partial charge in [-0.1, -0.05) is 28.1 Å². The van der Waals surface area contributed by atoms with Crippen LogP contribution < -0.4 is 4.78 Å². The standard InChI is InChI=1S/C8H4BBrS/c9-8-3-5-1-2-6(10)4-7(5)11-8/h1-4H. The Morgan fingerprint density at radius 2 is 2.09 bits per heavy atom. The van der Waals surface area contributed by atoms with E-state index in [1.54, 1.807) is 11.3 Å². The molecular formula is C8H4BBrS. The molecular weight excluding hydrogens is 219 g/mol. The molecule has 0 amide bonds. The Bertz CT molecular complexity index is 394. The molecule has 3 heteroatoms. The van der Waals surface area contributed by atoms with Crippen molar-refractivity contribution >= 4 is 50.0 Å². The smallest absolute Gasteiger partial charge is 0.128 e. The Labute approximate surface area is 78.8 Å². The molecule has 0 nitrogen and oxygen atoms in total. The lowest BCUT2D eigenvalue weighted by Crippen LogP contribution is -1.88. The van der Waals surface area contributed by atoms with Gasteiger partial charge in [0.25, 0.3) is 0 Å². The largest absolute Gasteiger partial charge is 0.152 e. The second-order valence-corrected chi connectivity index (χ2v) is 4.36. The molecule has 0 saturated heterocycles. The third-order valence-corrected chi connectivity index (χ3v) is 2.92. The molecule has 0 N–H and O–H groups in total. The van der Waals surface area contributed by atoms with Crippen molar-refractivity contribution < 1.29 is 0 Å². The predicted molar refractivity (Wildman–Crippen MR) is 54.9 cm³/mol. The van der Waals surface area contributed by atoms with Gasteiger partial charge in [-0.3, -0.25) is 0 Å². The Morgan fingerprint density at radius 1 is 1.27 bits per heavy atom. The van der Waals surface area contributed by atoms with Gasteiger partial charge >= 0.3 is 0 Å². The maximum atomic E-state index is 5.64. The minimum Gasteiger partial charge on any atom is -0.152 e. The predicted octanol–water partition coefficient (Wildman–Crippen LogP) is 2.46. The summed E-state index contributed by atoms with van der Waals surface area (Å²) in [6.07, 6.45) is 0. The van der Waals surface area contributed by atoms with E-state index in [-0.39, 0.29) is 0 Å². The monoisotopic (exact) mass is 222 g/mol. The van der Waals surface area contributed by atoms with Crippen LogP contribution in [0.5, 0.6) is 0 Å². The van der Waals surface area contributed by atoms with E-state index >= 15 is 0 Å². The average molecular weight is 223 g/mol. The molecule has 0 bridgehead atoms. The molecule has 1 heterocycles. The summed E-state index contributed by atoms with van der Waals surface area (Å²) in [4.78, 5) is 0. The number of benzene rings is 1. The summed E-state index contributed by atoms with van der Waals surface area (Å²) in [6.45, 7) is 0. The number of hydrogen-bond donors (Lipinski definition) is 0. The van der Waals surface area contributed by atoms with E-state index in [4.69, 9.17) is 7.85 Å². The van der Waals surface area contributed by atoms with Crippen LogP contribution >= 0.6 is 27.3 Å². The molecule has 52 valence electrons. The summed E-state index contributed by atoms with van der Waals surface area (Å²) in [5.41, 5.74) is 0. The molecule has 0 fully saturated rings. The maximum absolute atomic E-state index is 5.64. The van der Waals surface area contributed by atoms with E-state index in [0.29, 0.717) is 0 Å². The maximum Gasteiger partial charge on any atom is 0.128 e. The van der Waals surface area contributed by atoms with Gasteiger partial charge in [-0.15, -0.1) is 0 Å². The number of rotatable bonds is 0. The normalized spacial score (nSPS) is 10.6. The quantitative estimate of drug-likeness (QED) is 0.601. The number of hydrogen-bond acceptors (Lipinski definition) is 1. The fourth-order valence-electron chi connectivity index (χ4n) is 1.03. The molecule has 2 radical (unpaired) electrons. The van der Waals surface area contributed by atoms with Crippen LogP contribution in [0.15, 0.2) is 28.7 Å². The Balaban J connectivity index is 2.82. The van der Waals surface area contributed by atoms with Crippen molar-refractivity contribution in [1.82, 2.24) is 0 Å². The summed E-state index contributed by atoms with van der Waals surface area (Å²) in [6, 6.07) is 8.16. The average Bonchev–Trinajstić information content (AvgIpc) is 2.27. The molecule has 2 rings (SSSR count). The first kappa shape index (κ1) is 7.38. The van der Waals surface area contributed by atoms with Gasteiger partial charge in [0.1, 0.15) is 7.85 Å². The SMILES string of the molecule is [B]c1cc2ccc(Br)cc2s1. The molecule has 2 aromatic rings. The Hall–Kier alpha value is -0.275. The molecule has 0 spiro atoms. The lowest BCUT2D eigenvalue weighted by Gasteiger charge is -1.88. The van der Waals surface area contributed by atoms with E-state index in [2.05, 4.69) is 28.1 Å². The lowest BCUT2D eigenvalue weighted by molar-refractivity contribution is 1.77. The van der Waals surface area contributed by atoms with Crippen LogP contribution in [0, 0.1) is 0 Å². The van der Waals surface area contributed by atoms with Crippen LogP contribution in [-0.2, 0) is 0 Å². The summed E-state index contributed by atoms with van der Waals surface area (Å²) >= 11 is 5.02.